The number of hydrogen-bond acceptors (Lipinski definition) is 6. The molecule has 1 saturated heterocycles. The van der Waals surface area contributed by atoms with Crippen molar-refractivity contribution in [2.24, 2.45) is 17.8 Å². The number of aliphatic hydroxyl groups excluding tert-OH is 2. The van der Waals surface area contributed by atoms with Crippen molar-refractivity contribution in [1.82, 2.24) is 4.98 Å². The minimum Gasteiger partial charge on any atom is -0.508 e. The van der Waals surface area contributed by atoms with E-state index in [-0.39, 0.29) is 24.2 Å². The average Bonchev–Trinajstić information content (AvgIpc) is 3.19. The van der Waals surface area contributed by atoms with Crippen molar-refractivity contribution in [3.8, 4) is 5.75 Å². The van der Waals surface area contributed by atoms with Gasteiger partial charge in [-0.2, -0.15) is 0 Å². The van der Waals surface area contributed by atoms with Crippen LogP contribution >= 0.6 is 0 Å². The number of imide groups is 1. The molecule has 2 amide bonds. The number of amides is 2. The standard InChI is InChI=1S/C32H32N2O5/c1-20-16-25-30(32(39)34(31(25)38)23-9-3-2-4-10-23)26(19-35)29(20)28(37)14-13-22(27-12-5-6-15-33-27)17-21-8-7-11-24(36)18-21/h2-12,15,17-18,25-26,28,30,35-37H,13-14,16,19H2,1H3/b22-17-/t25-,26+,28-,30-/m1/s1. The molecule has 1 aromatic heterocycles. The molecule has 2 heterocycles. The number of hydrogen-bond donors (Lipinski definition) is 3. The van der Waals surface area contributed by atoms with Crippen molar-refractivity contribution < 1.29 is 24.9 Å². The highest BCUT2D eigenvalue weighted by atomic mass is 16.3. The SMILES string of the molecule is CC1=C([C@H](O)CC/C(=C/c2cccc(O)c2)c2ccccn2)[C@H](CO)[C@@H]2C(=O)N(c3ccccc3)C(=O)[C@@H]2C1. The van der Waals surface area contributed by atoms with E-state index < -0.39 is 23.9 Å². The number of carbonyl (C=O) groups is 2. The van der Waals surface area contributed by atoms with Gasteiger partial charge in [0.1, 0.15) is 5.75 Å². The van der Waals surface area contributed by atoms with Crippen LogP contribution in [0.25, 0.3) is 11.6 Å². The van der Waals surface area contributed by atoms with Crippen LogP contribution < -0.4 is 4.90 Å². The summed E-state index contributed by atoms with van der Waals surface area (Å²) in [4.78, 5) is 32.6. The highest BCUT2D eigenvalue weighted by Crippen LogP contribution is 2.47. The number of anilines is 1. The summed E-state index contributed by atoms with van der Waals surface area (Å²) in [5.74, 6) is -2.33. The molecule has 0 radical (unpaired) electrons. The largest absolute Gasteiger partial charge is 0.508 e. The van der Waals surface area contributed by atoms with Gasteiger partial charge in [-0.05, 0) is 85.4 Å². The number of fused-ring (bicyclic) bond motifs is 1. The lowest BCUT2D eigenvalue weighted by Crippen LogP contribution is -2.38. The number of phenolic OH excluding ortho intramolecular Hbond substituents is 1. The van der Waals surface area contributed by atoms with Crippen molar-refractivity contribution in [2.45, 2.75) is 32.3 Å². The van der Waals surface area contributed by atoms with E-state index in [9.17, 15) is 24.9 Å². The van der Waals surface area contributed by atoms with E-state index in [2.05, 4.69) is 4.98 Å². The van der Waals surface area contributed by atoms with Gasteiger partial charge in [0.25, 0.3) is 0 Å². The molecule has 0 saturated carbocycles. The van der Waals surface area contributed by atoms with Gasteiger partial charge in [0.05, 0.1) is 35.9 Å². The van der Waals surface area contributed by atoms with Crippen LogP contribution in [-0.4, -0.2) is 44.8 Å². The van der Waals surface area contributed by atoms with E-state index in [1.807, 2.05) is 43.3 Å². The fraction of sp³-hybridized carbons (Fsp3) is 0.281. The Morgan fingerprint density at radius 1 is 1.05 bits per heavy atom. The topological polar surface area (TPSA) is 111 Å². The molecule has 4 atom stereocenters. The predicted octanol–water partition coefficient (Wildman–Crippen LogP) is 4.60. The first-order chi connectivity index (χ1) is 18.9. The highest BCUT2D eigenvalue weighted by molar-refractivity contribution is 6.22. The number of phenols is 1. The lowest BCUT2D eigenvalue weighted by molar-refractivity contribution is -0.123. The normalized spacial score (nSPS) is 22.3. The Labute approximate surface area is 227 Å². The van der Waals surface area contributed by atoms with E-state index in [1.54, 1.807) is 48.7 Å². The van der Waals surface area contributed by atoms with Crippen LogP contribution in [0.4, 0.5) is 5.69 Å². The first-order valence-electron chi connectivity index (χ1n) is 13.2. The number of aromatic nitrogens is 1. The average molecular weight is 525 g/mol. The molecule has 7 heteroatoms. The van der Waals surface area contributed by atoms with Crippen molar-refractivity contribution in [3.63, 3.8) is 0 Å². The minimum atomic E-state index is -0.909. The molecule has 200 valence electrons. The summed E-state index contributed by atoms with van der Waals surface area (Å²) in [6.07, 6.45) is 3.92. The Hall–Kier alpha value is -4.07. The number of carbonyl (C=O) groups excluding carboxylic acids is 2. The minimum absolute atomic E-state index is 0.160. The van der Waals surface area contributed by atoms with Crippen LogP contribution in [0.3, 0.4) is 0 Å². The van der Waals surface area contributed by atoms with Gasteiger partial charge in [-0.3, -0.25) is 19.5 Å². The number of benzene rings is 2. The second-order valence-electron chi connectivity index (χ2n) is 10.2. The molecule has 2 aromatic carbocycles. The summed E-state index contributed by atoms with van der Waals surface area (Å²) >= 11 is 0. The van der Waals surface area contributed by atoms with E-state index >= 15 is 0 Å². The Morgan fingerprint density at radius 2 is 1.82 bits per heavy atom. The highest BCUT2D eigenvalue weighted by Gasteiger charge is 2.54. The van der Waals surface area contributed by atoms with Crippen molar-refractivity contribution in [1.29, 1.82) is 0 Å². The summed E-state index contributed by atoms with van der Waals surface area (Å²) in [5, 5.41) is 31.8. The third-order valence-corrected chi connectivity index (χ3v) is 7.79. The smallest absolute Gasteiger partial charge is 0.238 e. The number of aromatic hydroxyl groups is 1. The van der Waals surface area contributed by atoms with Crippen LogP contribution in [0.15, 0.2) is 90.1 Å². The van der Waals surface area contributed by atoms with E-state index in [4.69, 9.17) is 0 Å². The monoisotopic (exact) mass is 524 g/mol. The molecule has 3 aromatic rings. The summed E-state index contributed by atoms with van der Waals surface area (Å²) in [6.45, 7) is 1.54. The van der Waals surface area contributed by atoms with Crippen LogP contribution in [-0.2, 0) is 9.59 Å². The lowest BCUT2D eigenvalue weighted by Gasteiger charge is -2.35. The van der Waals surface area contributed by atoms with Gasteiger partial charge in [-0.15, -0.1) is 0 Å². The maximum Gasteiger partial charge on any atom is 0.238 e. The molecule has 0 bridgehead atoms. The predicted molar refractivity (Wildman–Crippen MR) is 149 cm³/mol. The summed E-state index contributed by atoms with van der Waals surface area (Å²) in [6, 6.07) is 21.4. The maximum absolute atomic E-state index is 13.5. The van der Waals surface area contributed by atoms with Gasteiger partial charge in [0.15, 0.2) is 0 Å². The summed E-state index contributed by atoms with van der Waals surface area (Å²) in [7, 11) is 0. The number of aliphatic hydroxyl groups is 2. The van der Waals surface area contributed by atoms with Crippen LogP contribution in [0, 0.1) is 17.8 Å². The van der Waals surface area contributed by atoms with Crippen LogP contribution in [0.5, 0.6) is 5.75 Å². The zero-order chi connectivity index (χ0) is 27.5. The first kappa shape index (κ1) is 26.5. The Kier molecular flexibility index (Phi) is 7.72. The molecule has 1 aliphatic heterocycles. The van der Waals surface area contributed by atoms with E-state index in [0.29, 0.717) is 30.5 Å². The molecule has 1 aliphatic carbocycles. The molecule has 2 aliphatic rings. The Bertz CT molecular complexity index is 1420. The summed E-state index contributed by atoms with van der Waals surface area (Å²) in [5.41, 5.74) is 4.47. The molecule has 7 nitrogen and oxygen atoms in total. The number of nitrogens with zero attached hydrogens (tertiary/aromatic N) is 2. The third-order valence-electron chi connectivity index (χ3n) is 7.79. The molecule has 0 unspecified atom stereocenters. The van der Waals surface area contributed by atoms with Gasteiger partial charge in [-0.1, -0.05) is 42.0 Å². The van der Waals surface area contributed by atoms with Crippen molar-refractivity contribution in [2.75, 3.05) is 11.5 Å². The van der Waals surface area contributed by atoms with Gasteiger partial charge >= 0.3 is 0 Å². The van der Waals surface area contributed by atoms with Crippen molar-refractivity contribution in [3.05, 3.63) is 101 Å². The zero-order valence-corrected chi connectivity index (χ0v) is 21.8. The molecule has 1 fully saturated rings. The number of para-hydroxylation sites is 1. The number of rotatable bonds is 8. The van der Waals surface area contributed by atoms with Gasteiger partial charge < -0.3 is 15.3 Å². The maximum atomic E-state index is 13.5. The quantitative estimate of drug-likeness (QED) is 0.293. The number of allylic oxidation sites excluding steroid dienone is 2. The second kappa shape index (κ2) is 11.4. The van der Waals surface area contributed by atoms with Crippen LogP contribution in [0.2, 0.25) is 0 Å². The first-order valence-corrected chi connectivity index (χ1v) is 13.2. The third kappa shape index (κ3) is 5.28. The second-order valence-corrected chi connectivity index (χ2v) is 10.2. The molecule has 0 spiro atoms. The van der Waals surface area contributed by atoms with Gasteiger partial charge in [0, 0.05) is 12.1 Å². The number of pyridine rings is 1. The van der Waals surface area contributed by atoms with Crippen LogP contribution in [0.1, 0.15) is 37.4 Å². The van der Waals surface area contributed by atoms with E-state index in [1.165, 1.54) is 4.90 Å². The lowest BCUT2D eigenvalue weighted by atomic mass is 9.68. The molecule has 5 rings (SSSR count). The summed E-state index contributed by atoms with van der Waals surface area (Å²) < 4.78 is 0. The fourth-order valence-electron chi connectivity index (χ4n) is 6.04. The molecule has 39 heavy (non-hydrogen) atoms. The van der Waals surface area contributed by atoms with Crippen molar-refractivity contribution >= 4 is 29.2 Å². The molecule has 3 N–H and O–H groups in total. The molecular formula is C32H32N2O5. The van der Waals surface area contributed by atoms with E-state index in [0.717, 1.165) is 22.4 Å². The zero-order valence-electron chi connectivity index (χ0n) is 21.8. The molecular weight excluding hydrogens is 492 g/mol. The fourth-order valence-corrected chi connectivity index (χ4v) is 6.04. The Morgan fingerprint density at radius 3 is 2.51 bits per heavy atom. The Balaban J connectivity index is 1.40. The van der Waals surface area contributed by atoms with Gasteiger partial charge in [-0.25, -0.2) is 0 Å². The van der Waals surface area contributed by atoms with Gasteiger partial charge in [0.2, 0.25) is 11.8 Å².